The van der Waals surface area contributed by atoms with Crippen LogP contribution in [0.15, 0.2) is 34.8 Å². The molecule has 3 heterocycles. The van der Waals surface area contributed by atoms with Crippen molar-refractivity contribution < 1.29 is 9.53 Å². The third-order valence-electron chi connectivity index (χ3n) is 2.67. The van der Waals surface area contributed by atoms with E-state index < -0.39 is 5.97 Å². The summed E-state index contributed by atoms with van der Waals surface area (Å²) in [4.78, 5) is 30.9. The standard InChI is InChI=1S/C12H10N6O2S/c1-20-12(19)7-3-2-6(13)10(18-7)21-11-8-9(15-4-14-8)16-5-17-11/h2-5H,13H2,1H3,(H,14,15,16,17). The molecule has 3 N–H and O–H groups in total. The minimum atomic E-state index is -0.522. The number of imidazole rings is 1. The Balaban J connectivity index is 2.01. The van der Waals surface area contributed by atoms with Gasteiger partial charge in [-0.2, -0.15) is 0 Å². The largest absolute Gasteiger partial charge is 0.464 e. The lowest BCUT2D eigenvalue weighted by Crippen LogP contribution is -2.06. The van der Waals surface area contributed by atoms with Gasteiger partial charge in [0.25, 0.3) is 0 Å². The van der Waals surface area contributed by atoms with E-state index in [0.29, 0.717) is 26.9 Å². The molecule has 0 aromatic carbocycles. The normalized spacial score (nSPS) is 10.7. The number of hydrogen-bond donors (Lipinski definition) is 2. The molecule has 0 aliphatic carbocycles. The highest BCUT2D eigenvalue weighted by atomic mass is 32.2. The molecule has 0 saturated heterocycles. The van der Waals surface area contributed by atoms with E-state index in [1.54, 1.807) is 6.07 Å². The van der Waals surface area contributed by atoms with Crippen molar-refractivity contribution >= 4 is 34.6 Å². The zero-order chi connectivity index (χ0) is 14.8. The molecule has 0 fully saturated rings. The molecule has 0 radical (unpaired) electrons. The number of H-pyrrole nitrogens is 1. The van der Waals surface area contributed by atoms with Crippen LogP contribution in [0.2, 0.25) is 0 Å². The average Bonchev–Trinajstić information content (AvgIpc) is 2.98. The monoisotopic (exact) mass is 302 g/mol. The molecule has 0 aliphatic rings. The number of fused-ring (bicyclic) bond motifs is 1. The summed E-state index contributed by atoms with van der Waals surface area (Å²) < 4.78 is 4.65. The maximum absolute atomic E-state index is 11.5. The van der Waals surface area contributed by atoms with Crippen molar-refractivity contribution in [2.45, 2.75) is 10.1 Å². The lowest BCUT2D eigenvalue weighted by Gasteiger charge is -2.06. The summed E-state index contributed by atoms with van der Waals surface area (Å²) >= 11 is 1.22. The Kier molecular flexibility index (Phi) is 3.40. The van der Waals surface area contributed by atoms with Gasteiger partial charge in [-0.3, -0.25) is 0 Å². The minimum absolute atomic E-state index is 0.184. The van der Waals surface area contributed by atoms with E-state index in [2.05, 4.69) is 29.7 Å². The Bertz CT molecular complexity index is 818. The van der Waals surface area contributed by atoms with Crippen LogP contribution in [0, 0.1) is 0 Å². The fourth-order valence-electron chi connectivity index (χ4n) is 1.66. The van der Waals surface area contributed by atoms with Gasteiger partial charge in [-0.1, -0.05) is 0 Å². The van der Waals surface area contributed by atoms with Crippen LogP contribution < -0.4 is 5.73 Å². The van der Waals surface area contributed by atoms with Gasteiger partial charge in [0.05, 0.1) is 19.1 Å². The third-order valence-corrected chi connectivity index (χ3v) is 3.69. The number of nitrogens with zero attached hydrogens (tertiary/aromatic N) is 4. The van der Waals surface area contributed by atoms with Gasteiger partial charge in [0, 0.05) is 0 Å². The van der Waals surface area contributed by atoms with E-state index in [4.69, 9.17) is 5.73 Å². The molecule has 3 aromatic rings. The highest BCUT2D eigenvalue weighted by Gasteiger charge is 2.14. The molecule has 9 heteroatoms. The van der Waals surface area contributed by atoms with Crippen LogP contribution in [0.4, 0.5) is 5.69 Å². The molecule has 106 valence electrons. The number of rotatable bonds is 3. The molecule has 21 heavy (non-hydrogen) atoms. The van der Waals surface area contributed by atoms with Crippen molar-refractivity contribution in [1.82, 2.24) is 24.9 Å². The van der Waals surface area contributed by atoms with Gasteiger partial charge < -0.3 is 15.5 Å². The van der Waals surface area contributed by atoms with Gasteiger partial charge in [-0.15, -0.1) is 0 Å². The fourth-order valence-corrected chi connectivity index (χ4v) is 2.53. The Labute approximate surface area is 123 Å². The van der Waals surface area contributed by atoms with Gasteiger partial charge in [0.2, 0.25) is 0 Å². The van der Waals surface area contributed by atoms with Gasteiger partial charge in [0.15, 0.2) is 5.65 Å². The predicted molar refractivity (Wildman–Crippen MR) is 75.8 cm³/mol. The summed E-state index contributed by atoms with van der Waals surface area (Å²) in [6.07, 6.45) is 2.94. The smallest absolute Gasteiger partial charge is 0.356 e. The maximum atomic E-state index is 11.5. The number of methoxy groups -OCH3 is 1. The Hall–Kier alpha value is -2.68. The van der Waals surface area contributed by atoms with Crippen LogP contribution in [-0.2, 0) is 4.74 Å². The van der Waals surface area contributed by atoms with Crippen molar-refractivity contribution in [3.63, 3.8) is 0 Å². The molecular weight excluding hydrogens is 292 g/mol. The average molecular weight is 302 g/mol. The second-order valence-corrected chi connectivity index (χ2v) is 4.94. The number of aromatic amines is 1. The number of nitrogens with one attached hydrogen (secondary N) is 1. The molecule has 0 bridgehead atoms. The van der Waals surface area contributed by atoms with Crippen LogP contribution in [0.1, 0.15) is 10.5 Å². The number of nitrogens with two attached hydrogens (primary N) is 1. The molecular formula is C12H10N6O2S. The Morgan fingerprint density at radius 3 is 2.95 bits per heavy atom. The molecule has 3 aromatic heterocycles. The van der Waals surface area contributed by atoms with E-state index in [1.165, 1.54) is 37.6 Å². The first-order valence-electron chi connectivity index (χ1n) is 5.86. The molecule has 8 nitrogen and oxygen atoms in total. The number of aromatic nitrogens is 5. The van der Waals surface area contributed by atoms with Gasteiger partial charge in [-0.25, -0.2) is 24.7 Å². The summed E-state index contributed by atoms with van der Waals surface area (Å²) in [5.74, 6) is -0.522. The van der Waals surface area contributed by atoms with Crippen LogP contribution in [0.25, 0.3) is 11.2 Å². The predicted octanol–water partition coefficient (Wildman–Crippen LogP) is 1.27. The molecule has 0 spiro atoms. The summed E-state index contributed by atoms with van der Waals surface area (Å²) in [6.45, 7) is 0. The number of nitrogen functional groups attached to an aromatic ring is 1. The molecule has 0 unspecified atom stereocenters. The number of carbonyl (C=O) groups excluding carboxylic acids is 1. The lowest BCUT2D eigenvalue weighted by molar-refractivity contribution is 0.0593. The van der Waals surface area contributed by atoms with E-state index in [0.717, 1.165) is 0 Å². The lowest BCUT2D eigenvalue weighted by atomic mass is 10.3. The number of pyridine rings is 1. The van der Waals surface area contributed by atoms with Crippen LogP contribution >= 0.6 is 11.8 Å². The number of esters is 1. The van der Waals surface area contributed by atoms with Gasteiger partial charge >= 0.3 is 5.97 Å². The molecule has 0 saturated carbocycles. The number of ether oxygens (including phenoxy) is 1. The first-order valence-corrected chi connectivity index (χ1v) is 6.67. The summed E-state index contributed by atoms with van der Waals surface area (Å²) in [5.41, 5.74) is 7.76. The zero-order valence-electron chi connectivity index (χ0n) is 10.9. The van der Waals surface area contributed by atoms with E-state index in [9.17, 15) is 4.79 Å². The minimum Gasteiger partial charge on any atom is -0.464 e. The maximum Gasteiger partial charge on any atom is 0.356 e. The number of anilines is 1. The van der Waals surface area contributed by atoms with Crippen molar-refractivity contribution in [3.8, 4) is 0 Å². The zero-order valence-corrected chi connectivity index (χ0v) is 11.7. The summed E-state index contributed by atoms with van der Waals surface area (Å²) in [7, 11) is 1.30. The highest BCUT2D eigenvalue weighted by molar-refractivity contribution is 7.99. The Morgan fingerprint density at radius 1 is 1.29 bits per heavy atom. The van der Waals surface area contributed by atoms with Crippen LogP contribution in [-0.4, -0.2) is 38.0 Å². The SMILES string of the molecule is COC(=O)c1ccc(N)c(Sc2ncnc3nc[nH]c23)n1. The highest BCUT2D eigenvalue weighted by Crippen LogP contribution is 2.32. The van der Waals surface area contributed by atoms with E-state index in [1.807, 2.05) is 0 Å². The topological polar surface area (TPSA) is 120 Å². The molecule has 0 atom stereocenters. The fraction of sp³-hybridized carbons (Fsp3) is 0.0833. The molecule has 3 rings (SSSR count). The molecule has 0 aliphatic heterocycles. The number of hydrogen-bond acceptors (Lipinski definition) is 8. The van der Waals surface area contributed by atoms with E-state index in [-0.39, 0.29) is 5.69 Å². The number of carbonyl (C=O) groups is 1. The summed E-state index contributed by atoms with van der Waals surface area (Å²) in [5, 5.41) is 1.09. The summed E-state index contributed by atoms with van der Waals surface area (Å²) in [6, 6.07) is 3.12. The molecule has 0 amide bonds. The Morgan fingerprint density at radius 2 is 2.14 bits per heavy atom. The van der Waals surface area contributed by atoms with Crippen molar-refractivity contribution in [2.24, 2.45) is 0 Å². The quantitative estimate of drug-likeness (QED) is 0.548. The second-order valence-electron chi connectivity index (χ2n) is 3.96. The first kappa shape index (κ1) is 13.3. The first-order chi connectivity index (χ1) is 10.2. The van der Waals surface area contributed by atoms with Crippen LogP contribution in [0.5, 0.6) is 0 Å². The second kappa shape index (κ2) is 5.37. The van der Waals surface area contributed by atoms with E-state index >= 15 is 0 Å². The third kappa shape index (κ3) is 2.50. The van der Waals surface area contributed by atoms with Crippen molar-refractivity contribution in [2.75, 3.05) is 12.8 Å². The van der Waals surface area contributed by atoms with Crippen LogP contribution in [0.3, 0.4) is 0 Å². The van der Waals surface area contributed by atoms with Crippen molar-refractivity contribution in [1.29, 1.82) is 0 Å². The van der Waals surface area contributed by atoms with Gasteiger partial charge in [-0.05, 0) is 23.9 Å². The van der Waals surface area contributed by atoms with Gasteiger partial charge in [0.1, 0.15) is 27.6 Å². The van der Waals surface area contributed by atoms with Crippen molar-refractivity contribution in [3.05, 3.63) is 30.5 Å².